The number of esters is 1. The highest BCUT2D eigenvalue weighted by Crippen LogP contribution is 2.33. The van der Waals surface area contributed by atoms with Crippen molar-refractivity contribution in [3.8, 4) is 0 Å². The molecule has 0 aliphatic carbocycles. The third-order valence-electron chi connectivity index (χ3n) is 2.89. The Balaban J connectivity index is 2.25. The smallest absolute Gasteiger partial charge is 0.315 e. The first-order valence-electron chi connectivity index (χ1n) is 5.94. The number of aryl methyl sites for hydroxylation is 2. The fourth-order valence-corrected chi connectivity index (χ4v) is 3.49. The minimum atomic E-state index is -0.254. The molecule has 0 saturated carbocycles. The standard InChI is InChI=1S/C12H16N4O2S2/c1-6-7(2)20-12-10(6)11(16-13)14-8(15-12)4-19-5-9(17)18-3/h4-5,13H2,1-3H3,(H,14,15,16). The first kappa shape index (κ1) is 15.0. The minimum absolute atomic E-state index is 0.254. The lowest BCUT2D eigenvalue weighted by molar-refractivity contribution is -0.137. The number of thioether (sulfide) groups is 1. The summed E-state index contributed by atoms with van der Waals surface area (Å²) in [6.07, 6.45) is 0. The number of thiophene rings is 1. The fraction of sp³-hybridized carbons (Fsp3) is 0.417. The van der Waals surface area contributed by atoms with Crippen molar-refractivity contribution in [2.45, 2.75) is 19.6 Å². The van der Waals surface area contributed by atoms with Gasteiger partial charge in [0.2, 0.25) is 0 Å². The number of carbonyl (C=O) groups is 1. The zero-order chi connectivity index (χ0) is 14.7. The molecule has 108 valence electrons. The molecule has 0 radical (unpaired) electrons. The quantitative estimate of drug-likeness (QED) is 0.496. The van der Waals surface area contributed by atoms with Crippen molar-refractivity contribution in [3.05, 3.63) is 16.3 Å². The Morgan fingerprint density at radius 2 is 2.20 bits per heavy atom. The molecule has 8 heteroatoms. The highest BCUT2D eigenvalue weighted by atomic mass is 32.2. The van der Waals surface area contributed by atoms with Crippen molar-refractivity contribution in [2.75, 3.05) is 18.3 Å². The Morgan fingerprint density at radius 1 is 1.45 bits per heavy atom. The number of carbonyl (C=O) groups excluding carboxylic acids is 1. The van der Waals surface area contributed by atoms with Gasteiger partial charge in [0.1, 0.15) is 10.7 Å². The number of nitrogens with zero attached hydrogens (tertiary/aromatic N) is 2. The zero-order valence-corrected chi connectivity index (χ0v) is 13.2. The largest absolute Gasteiger partial charge is 0.468 e. The SMILES string of the molecule is COC(=O)CSCc1nc(NN)c2c(C)c(C)sc2n1. The molecule has 0 aliphatic heterocycles. The van der Waals surface area contributed by atoms with Crippen LogP contribution in [0.15, 0.2) is 0 Å². The molecule has 2 rings (SSSR count). The summed E-state index contributed by atoms with van der Waals surface area (Å²) in [6, 6.07) is 0. The van der Waals surface area contributed by atoms with E-state index in [-0.39, 0.29) is 11.7 Å². The molecular formula is C12H16N4O2S2. The second kappa shape index (κ2) is 6.38. The van der Waals surface area contributed by atoms with Crippen molar-refractivity contribution in [1.82, 2.24) is 9.97 Å². The minimum Gasteiger partial charge on any atom is -0.468 e. The number of nitrogens with two attached hydrogens (primary N) is 1. The Kier molecular flexibility index (Phi) is 4.79. The third-order valence-corrected chi connectivity index (χ3v) is 4.89. The molecule has 0 atom stereocenters. The number of anilines is 1. The van der Waals surface area contributed by atoms with Crippen LogP contribution in [0.3, 0.4) is 0 Å². The van der Waals surface area contributed by atoms with Crippen molar-refractivity contribution in [3.63, 3.8) is 0 Å². The lowest BCUT2D eigenvalue weighted by Gasteiger charge is -2.06. The molecule has 2 aromatic rings. The van der Waals surface area contributed by atoms with Crippen molar-refractivity contribution in [1.29, 1.82) is 0 Å². The topological polar surface area (TPSA) is 90.1 Å². The molecule has 0 amide bonds. The maximum absolute atomic E-state index is 11.1. The molecule has 0 aromatic carbocycles. The summed E-state index contributed by atoms with van der Waals surface area (Å²) >= 11 is 3.03. The summed E-state index contributed by atoms with van der Waals surface area (Å²) in [7, 11) is 1.37. The van der Waals surface area contributed by atoms with Gasteiger partial charge in [-0.25, -0.2) is 15.8 Å². The number of hydrazine groups is 1. The normalized spacial score (nSPS) is 10.8. The van der Waals surface area contributed by atoms with Gasteiger partial charge in [-0.2, -0.15) is 0 Å². The van der Waals surface area contributed by atoms with Gasteiger partial charge in [0.15, 0.2) is 5.82 Å². The van der Waals surface area contributed by atoms with E-state index in [0.29, 0.717) is 17.4 Å². The average molecular weight is 312 g/mol. The Bertz CT molecular complexity index is 642. The van der Waals surface area contributed by atoms with E-state index in [1.54, 1.807) is 11.3 Å². The molecule has 3 N–H and O–H groups in total. The molecule has 0 aliphatic rings. The number of ether oxygens (including phenoxy) is 1. The van der Waals surface area contributed by atoms with Gasteiger partial charge in [-0.15, -0.1) is 23.1 Å². The number of hydrogen-bond donors (Lipinski definition) is 2. The van der Waals surface area contributed by atoms with E-state index in [2.05, 4.69) is 20.1 Å². The lowest BCUT2D eigenvalue weighted by Crippen LogP contribution is -2.11. The Hall–Kier alpha value is -1.38. The maximum atomic E-state index is 11.1. The van der Waals surface area contributed by atoms with Gasteiger partial charge in [-0.05, 0) is 19.4 Å². The summed E-state index contributed by atoms with van der Waals surface area (Å²) in [5, 5.41) is 0.969. The molecular weight excluding hydrogens is 296 g/mol. The van der Waals surface area contributed by atoms with Gasteiger partial charge in [-0.1, -0.05) is 0 Å². The number of fused-ring (bicyclic) bond motifs is 1. The van der Waals surface area contributed by atoms with E-state index >= 15 is 0 Å². The van der Waals surface area contributed by atoms with Gasteiger partial charge in [0, 0.05) is 4.88 Å². The van der Waals surface area contributed by atoms with E-state index in [1.165, 1.54) is 23.7 Å². The second-order valence-corrected chi connectivity index (χ2v) is 6.35. The van der Waals surface area contributed by atoms with Crippen molar-refractivity contribution >= 4 is 45.1 Å². The van der Waals surface area contributed by atoms with Gasteiger partial charge in [0.05, 0.1) is 24.0 Å². The van der Waals surface area contributed by atoms with E-state index in [0.717, 1.165) is 15.8 Å². The number of nitrogen functional groups attached to an aromatic ring is 1. The predicted octanol–water partition coefficient (Wildman–Crippen LogP) is 2.00. The van der Waals surface area contributed by atoms with Crippen LogP contribution < -0.4 is 11.3 Å². The molecule has 0 fully saturated rings. The monoisotopic (exact) mass is 312 g/mol. The number of rotatable bonds is 5. The molecule has 2 aromatic heterocycles. The highest BCUT2D eigenvalue weighted by Gasteiger charge is 2.14. The first-order valence-corrected chi connectivity index (χ1v) is 7.91. The van der Waals surface area contributed by atoms with Crippen LogP contribution in [0.1, 0.15) is 16.3 Å². The maximum Gasteiger partial charge on any atom is 0.315 e. The molecule has 0 unspecified atom stereocenters. The van der Waals surface area contributed by atoms with E-state index in [9.17, 15) is 4.79 Å². The molecule has 0 saturated heterocycles. The van der Waals surface area contributed by atoms with Crippen LogP contribution in [0.5, 0.6) is 0 Å². The zero-order valence-electron chi connectivity index (χ0n) is 11.5. The number of hydrogen-bond acceptors (Lipinski definition) is 8. The molecule has 6 nitrogen and oxygen atoms in total. The van der Waals surface area contributed by atoms with Gasteiger partial charge in [0.25, 0.3) is 0 Å². The number of nitrogens with one attached hydrogen (secondary N) is 1. The molecule has 0 bridgehead atoms. The molecule has 0 spiro atoms. The van der Waals surface area contributed by atoms with E-state index in [1.807, 2.05) is 13.8 Å². The van der Waals surface area contributed by atoms with Crippen LogP contribution >= 0.6 is 23.1 Å². The van der Waals surface area contributed by atoms with Gasteiger partial charge < -0.3 is 10.2 Å². The first-order chi connectivity index (χ1) is 9.56. The van der Waals surface area contributed by atoms with E-state index < -0.39 is 0 Å². The summed E-state index contributed by atoms with van der Waals surface area (Å²) in [6.45, 7) is 4.08. The van der Waals surface area contributed by atoms with Crippen LogP contribution in [0.4, 0.5) is 5.82 Å². The average Bonchev–Trinajstić information content (AvgIpc) is 2.73. The molecule has 20 heavy (non-hydrogen) atoms. The Labute approximate surface area is 125 Å². The molecule has 2 heterocycles. The fourth-order valence-electron chi connectivity index (χ4n) is 1.75. The number of methoxy groups -OCH3 is 1. The van der Waals surface area contributed by atoms with Crippen LogP contribution in [0.2, 0.25) is 0 Å². The Morgan fingerprint density at radius 3 is 2.85 bits per heavy atom. The van der Waals surface area contributed by atoms with Crippen LogP contribution in [-0.2, 0) is 15.3 Å². The summed E-state index contributed by atoms with van der Waals surface area (Å²) in [5.41, 5.74) is 3.77. The van der Waals surface area contributed by atoms with Gasteiger partial charge in [-0.3, -0.25) is 4.79 Å². The van der Waals surface area contributed by atoms with Crippen molar-refractivity contribution in [2.24, 2.45) is 5.84 Å². The summed E-state index contributed by atoms with van der Waals surface area (Å²) < 4.78 is 4.59. The van der Waals surface area contributed by atoms with Crippen molar-refractivity contribution < 1.29 is 9.53 Å². The third kappa shape index (κ3) is 3.02. The summed E-state index contributed by atoms with van der Waals surface area (Å²) in [5.74, 6) is 7.40. The number of aromatic nitrogens is 2. The highest BCUT2D eigenvalue weighted by molar-refractivity contribution is 7.99. The van der Waals surface area contributed by atoms with Crippen LogP contribution in [0, 0.1) is 13.8 Å². The van der Waals surface area contributed by atoms with Crippen LogP contribution in [-0.4, -0.2) is 28.8 Å². The van der Waals surface area contributed by atoms with Gasteiger partial charge >= 0.3 is 5.97 Å². The van der Waals surface area contributed by atoms with Crippen LogP contribution in [0.25, 0.3) is 10.2 Å². The summed E-state index contributed by atoms with van der Waals surface area (Å²) in [4.78, 5) is 22.1. The second-order valence-electron chi connectivity index (χ2n) is 4.17. The van der Waals surface area contributed by atoms with E-state index in [4.69, 9.17) is 5.84 Å². The lowest BCUT2D eigenvalue weighted by atomic mass is 10.2. The predicted molar refractivity (Wildman–Crippen MR) is 82.9 cm³/mol.